The standard InChI is InChI=1S/C21H24N2O3/c1-3-15-7-9-17(10-8-15)19(24)11-12-20(25)23(2)14-16-5-4-6-18(13-16)21(22)26/h4-10,13H,3,11-12,14H2,1-2H3,(H2,22,26). The fraction of sp³-hybridized carbons (Fsp3) is 0.286. The fourth-order valence-electron chi connectivity index (χ4n) is 2.67. The van der Waals surface area contributed by atoms with Crippen molar-refractivity contribution in [3.63, 3.8) is 0 Å². The van der Waals surface area contributed by atoms with Gasteiger partial charge in [0.05, 0.1) is 0 Å². The Kier molecular flexibility index (Phi) is 6.67. The number of Topliss-reactive ketones (excluding diaryl/α,β-unsaturated/α-hetero) is 1. The fourth-order valence-corrected chi connectivity index (χ4v) is 2.67. The van der Waals surface area contributed by atoms with Gasteiger partial charge in [0.1, 0.15) is 0 Å². The average molecular weight is 352 g/mol. The summed E-state index contributed by atoms with van der Waals surface area (Å²) in [4.78, 5) is 37.3. The highest BCUT2D eigenvalue weighted by Gasteiger charge is 2.13. The second-order valence-corrected chi connectivity index (χ2v) is 6.29. The van der Waals surface area contributed by atoms with E-state index in [9.17, 15) is 14.4 Å². The highest BCUT2D eigenvalue weighted by Crippen LogP contribution is 2.11. The van der Waals surface area contributed by atoms with Gasteiger partial charge in [-0.05, 0) is 29.7 Å². The Morgan fingerprint density at radius 2 is 1.62 bits per heavy atom. The van der Waals surface area contributed by atoms with Crippen LogP contribution in [0.5, 0.6) is 0 Å². The van der Waals surface area contributed by atoms with Gasteiger partial charge < -0.3 is 10.6 Å². The number of nitrogens with zero attached hydrogens (tertiary/aromatic N) is 1. The molecular weight excluding hydrogens is 328 g/mol. The molecule has 0 radical (unpaired) electrons. The number of benzene rings is 2. The van der Waals surface area contributed by atoms with Crippen LogP contribution >= 0.6 is 0 Å². The normalized spacial score (nSPS) is 10.4. The van der Waals surface area contributed by atoms with Crippen LogP contribution in [0.3, 0.4) is 0 Å². The topological polar surface area (TPSA) is 80.5 Å². The van der Waals surface area contributed by atoms with Gasteiger partial charge in [-0.1, -0.05) is 43.3 Å². The van der Waals surface area contributed by atoms with Crippen LogP contribution in [0.25, 0.3) is 0 Å². The molecule has 0 unspecified atom stereocenters. The lowest BCUT2D eigenvalue weighted by Gasteiger charge is -2.17. The highest BCUT2D eigenvalue weighted by molar-refractivity contribution is 5.98. The molecule has 2 N–H and O–H groups in total. The Hall–Kier alpha value is -2.95. The summed E-state index contributed by atoms with van der Waals surface area (Å²) >= 11 is 0. The van der Waals surface area contributed by atoms with E-state index < -0.39 is 5.91 Å². The van der Waals surface area contributed by atoms with E-state index in [1.165, 1.54) is 5.56 Å². The van der Waals surface area contributed by atoms with Gasteiger partial charge in [0.25, 0.3) is 0 Å². The molecule has 0 atom stereocenters. The number of ketones is 1. The molecule has 2 aromatic rings. The van der Waals surface area contributed by atoms with Crippen LogP contribution < -0.4 is 5.73 Å². The van der Waals surface area contributed by atoms with Gasteiger partial charge in [-0.15, -0.1) is 0 Å². The lowest BCUT2D eigenvalue weighted by molar-refractivity contribution is -0.130. The predicted molar refractivity (Wildman–Crippen MR) is 101 cm³/mol. The number of nitrogens with two attached hydrogens (primary N) is 1. The van der Waals surface area contributed by atoms with E-state index in [2.05, 4.69) is 6.92 Å². The molecule has 136 valence electrons. The lowest BCUT2D eigenvalue weighted by Crippen LogP contribution is -2.26. The third-order valence-electron chi connectivity index (χ3n) is 4.31. The van der Waals surface area contributed by atoms with Crippen LogP contribution in [0.2, 0.25) is 0 Å². The largest absolute Gasteiger partial charge is 0.366 e. The molecule has 0 aliphatic heterocycles. The van der Waals surface area contributed by atoms with E-state index in [1.807, 2.05) is 30.3 Å². The van der Waals surface area contributed by atoms with Gasteiger partial charge in [0.2, 0.25) is 11.8 Å². The lowest BCUT2D eigenvalue weighted by atomic mass is 10.0. The Bertz CT molecular complexity index is 797. The monoisotopic (exact) mass is 352 g/mol. The van der Waals surface area contributed by atoms with E-state index in [1.54, 1.807) is 30.1 Å². The molecule has 0 bridgehead atoms. The second kappa shape index (κ2) is 8.94. The van der Waals surface area contributed by atoms with E-state index in [-0.39, 0.29) is 24.5 Å². The van der Waals surface area contributed by atoms with Gasteiger partial charge in [-0.3, -0.25) is 14.4 Å². The molecule has 0 aromatic heterocycles. The number of carbonyl (C=O) groups is 3. The van der Waals surface area contributed by atoms with Crippen LogP contribution in [0, 0.1) is 0 Å². The van der Waals surface area contributed by atoms with Crippen molar-refractivity contribution in [3.8, 4) is 0 Å². The van der Waals surface area contributed by atoms with Gasteiger partial charge in [-0.2, -0.15) is 0 Å². The molecule has 26 heavy (non-hydrogen) atoms. The summed E-state index contributed by atoms with van der Waals surface area (Å²) in [7, 11) is 1.68. The van der Waals surface area contributed by atoms with E-state index in [0.717, 1.165) is 12.0 Å². The number of aryl methyl sites for hydroxylation is 1. The van der Waals surface area contributed by atoms with Crippen LogP contribution in [0.1, 0.15) is 51.6 Å². The van der Waals surface area contributed by atoms with Crippen molar-refractivity contribution in [3.05, 3.63) is 70.8 Å². The molecule has 2 rings (SSSR count). The Balaban J connectivity index is 1.89. The van der Waals surface area contributed by atoms with Crippen molar-refractivity contribution >= 4 is 17.6 Å². The SMILES string of the molecule is CCc1ccc(C(=O)CCC(=O)N(C)Cc2cccc(C(N)=O)c2)cc1. The second-order valence-electron chi connectivity index (χ2n) is 6.29. The average Bonchev–Trinajstić information content (AvgIpc) is 2.66. The van der Waals surface area contributed by atoms with Crippen LogP contribution in [0.4, 0.5) is 0 Å². The molecular formula is C21H24N2O3. The van der Waals surface area contributed by atoms with Crippen molar-refractivity contribution in [1.29, 1.82) is 0 Å². The first-order valence-electron chi connectivity index (χ1n) is 8.65. The molecule has 2 amide bonds. The van der Waals surface area contributed by atoms with Crippen molar-refractivity contribution < 1.29 is 14.4 Å². The summed E-state index contributed by atoms with van der Waals surface area (Å²) in [6, 6.07) is 14.4. The number of hydrogen-bond acceptors (Lipinski definition) is 3. The molecule has 2 aromatic carbocycles. The first-order valence-corrected chi connectivity index (χ1v) is 8.65. The summed E-state index contributed by atoms with van der Waals surface area (Å²) in [6.07, 6.45) is 1.26. The molecule has 0 saturated carbocycles. The van der Waals surface area contributed by atoms with Crippen molar-refractivity contribution in [1.82, 2.24) is 4.90 Å². The first-order chi connectivity index (χ1) is 12.4. The van der Waals surface area contributed by atoms with Gasteiger partial charge in [0, 0.05) is 37.6 Å². The van der Waals surface area contributed by atoms with Crippen molar-refractivity contribution in [2.75, 3.05) is 7.05 Å². The minimum Gasteiger partial charge on any atom is -0.366 e. The van der Waals surface area contributed by atoms with E-state index in [0.29, 0.717) is 17.7 Å². The van der Waals surface area contributed by atoms with E-state index >= 15 is 0 Å². The van der Waals surface area contributed by atoms with Crippen molar-refractivity contribution in [2.45, 2.75) is 32.7 Å². The molecule has 0 aliphatic rings. The number of hydrogen-bond donors (Lipinski definition) is 1. The summed E-state index contributed by atoms with van der Waals surface area (Å²) in [5.41, 5.74) is 8.31. The Labute approximate surface area is 153 Å². The maximum Gasteiger partial charge on any atom is 0.248 e. The molecule has 0 heterocycles. The smallest absolute Gasteiger partial charge is 0.248 e. The number of rotatable bonds is 8. The quantitative estimate of drug-likeness (QED) is 0.742. The molecule has 0 saturated heterocycles. The highest BCUT2D eigenvalue weighted by atomic mass is 16.2. The minimum absolute atomic E-state index is 0.0369. The maximum atomic E-state index is 12.3. The molecule has 0 aliphatic carbocycles. The van der Waals surface area contributed by atoms with Gasteiger partial charge in [0.15, 0.2) is 5.78 Å². The Morgan fingerprint density at radius 3 is 2.23 bits per heavy atom. The minimum atomic E-state index is -0.500. The zero-order chi connectivity index (χ0) is 19.1. The maximum absolute atomic E-state index is 12.3. The number of carbonyl (C=O) groups excluding carboxylic acids is 3. The van der Waals surface area contributed by atoms with Gasteiger partial charge in [-0.25, -0.2) is 0 Å². The van der Waals surface area contributed by atoms with Crippen molar-refractivity contribution in [2.24, 2.45) is 5.73 Å². The van der Waals surface area contributed by atoms with Gasteiger partial charge >= 0.3 is 0 Å². The first kappa shape index (κ1) is 19.4. The van der Waals surface area contributed by atoms with E-state index in [4.69, 9.17) is 5.73 Å². The number of primary amides is 1. The molecule has 0 spiro atoms. The molecule has 0 fully saturated rings. The third-order valence-corrected chi connectivity index (χ3v) is 4.31. The van der Waals surface area contributed by atoms with Crippen LogP contribution in [-0.2, 0) is 17.8 Å². The zero-order valence-electron chi connectivity index (χ0n) is 15.2. The predicted octanol–water partition coefficient (Wildman–Crippen LogP) is 2.97. The third kappa shape index (κ3) is 5.28. The summed E-state index contributed by atoms with van der Waals surface area (Å²) in [5, 5.41) is 0. The Morgan fingerprint density at radius 1 is 0.923 bits per heavy atom. The number of amides is 2. The summed E-state index contributed by atoms with van der Waals surface area (Å²) in [5.74, 6) is -0.654. The summed E-state index contributed by atoms with van der Waals surface area (Å²) < 4.78 is 0. The molecule has 5 nitrogen and oxygen atoms in total. The van der Waals surface area contributed by atoms with Crippen LogP contribution in [-0.4, -0.2) is 29.5 Å². The molecule has 5 heteroatoms. The zero-order valence-corrected chi connectivity index (χ0v) is 15.2. The summed E-state index contributed by atoms with van der Waals surface area (Å²) in [6.45, 7) is 2.42. The van der Waals surface area contributed by atoms with Crippen LogP contribution in [0.15, 0.2) is 48.5 Å².